The van der Waals surface area contributed by atoms with Gasteiger partial charge >= 0.3 is 11.6 Å². The summed E-state index contributed by atoms with van der Waals surface area (Å²) in [5.41, 5.74) is 3.66. The van der Waals surface area contributed by atoms with Crippen molar-refractivity contribution in [1.29, 1.82) is 0 Å². The highest BCUT2D eigenvalue weighted by atomic mass is 16.6. The van der Waals surface area contributed by atoms with E-state index in [-0.39, 0.29) is 6.61 Å². The first-order valence-corrected chi connectivity index (χ1v) is 10.5. The largest absolute Gasteiger partial charge is 0.476 e. The molecule has 0 spiro atoms. The molecule has 0 saturated heterocycles. The van der Waals surface area contributed by atoms with Crippen molar-refractivity contribution in [2.45, 2.75) is 19.6 Å². The standard InChI is InChI=1S/C27H24O6/c1-18-8-6-7-11-21(18)23-15-26(28)33-24-14-20(12-13-22(23)24)32-25(27(29)30-2)17-31-16-19-9-4-3-5-10-19/h3-15,25H,16-17H2,1-2H3/t25-/m0/s1. The van der Waals surface area contributed by atoms with Gasteiger partial charge in [-0.05, 0) is 35.7 Å². The minimum absolute atomic E-state index is 0.00675. The van der Waals surface area contributed by atoms with Crippen molar-refractivity contribution in [3.8, 4) is 16.9 Å². The van der Waals surface area contributed by atoms with Gasteiger partial charge in [0.2, 0.25) is 6.10 Å². The van der Waals surface area contributed by atoms with E-state index in [1.165, 1.54) is 13.2 Å². The number of benzene rings is 3. The van der Waals surface area contributed by atoms with Crippen LogP contribution in [0.3, 0.4) is 0 Å². The quantitative estimate of drug-likeness (QED) is 0.284. The van der Waals surface area contributed by atoms with Gasteiger partial charge in [-0.1, -0.05) is 54.6 Å². The van der Waals surface area contributed by atoms with E-state index in [4.69, 9.17) is 18.6 Å². The Kier molecular flexibility index (Phi) is 6.86. The van der Waals surface area contributed by atoms with Gasteiger partial charge in [0.05, 0.1) is 20.3 Å². The maximum Gasteiger partial charge on any atom is 0.349 e. The Labute approximate surface area is 191 Å². The zero-order valence-electron chi connectivity index (χ0n) is 18.4. The van der Waals surface area contributed by atoms with Crippen molar-refractivity contribution in [3.63, 3.8) is 0 Å². The van der Waals surface area contributed by atoms with Gasteiger partial charge in [0, 0.05) is 23.1 Å². The molecule has 1 heterocycles. The van der Waals surface area contributed by atoms with Crippen LogP contribution in [0.4, 0.5) is 0 Å². The summed E-state index contributed by atoms with van der Waals surface area (Å²) in [5, 5.41) is 0.770. The Morgan fingerprint density at radius 3 is 2.45 bits per heavy atom. The molecule has 6 nitrogen and oxygen atoms in total. The summed E-state index contributed by atoms with van der Waals surface area (Å²) in [6.07, 6.45) is -0.970. The van der Waals surface area contributed by atoms with Crippen molar-refractivity contribution in [2.24, 2.45) is 0 Å². The smallest absolute Gasteiger partial charge is 0.349 e. The summed E-state index contributed by atoms with van der Waals surface area (Å²) in [5.74, 6) is -0.190. The summed E-state index contributed by atoms with van der Waals surface area (Å²) < 4.78 is 21.8. The molecule has 0 amide bonds. The van der Waals surface area contributed by atoms with Crippen LogP contribution in [0.15, 0.2) is 88.1 Å². The van der Waals surface area contributed by atoms with Crippen LogP contribution in [0.25, 0.3) is 22.1 Å². The fourth-order valence-electron chi connectivity index (χ4n) is 3.62. The van der Waals surface area contributed by atoms with Gasteiger partial charge in [-0.3, -0.25) is 0 Å². The molecule has 3 aromatic carbocycles. The van der Waals surface area contributed by atoms with Crippen molar-refractivity contribution in [3.05, 3.63) is 100 Å². The second-order valence-corrected chi connectivity index (χ2v) is 7.58. The molecule has 6 heteroatoms. The molecule has 0 N–H and O–H groups in total. The highest BCUT2D eigenvalue weighted by Crippen LogP contribution is 2.31. The first kappa shape index (κ1) is 22.3. The highest BCUT2D eigenvalue weighted by Gasteiger charge is 2.22. The van der Waals surface area contributed by atoms with Crippen molar-refractivity contribution >= 4 is 16.9 Å². The lowest BCUT2D eigenvalue weighted by molar-refractivity contribution is -0.152. The highest BCUT2D eigenvalue weighted by molar-refractivity contribution is 5.94. The molecule has 0 aliphatic heterocycles. The zero-order valence-corrected chi connectivity index (χ0v) is 18.4. The molecule has 1 atom stereocenters. The second-order valence-electron chi connectivity index (χ2n) is 7.58. The monoisotopic (exact) mass is 444 g/mol. The minimum atomic E-state index is -0.970. The Bertz CT molecular complexity index is 1310. The molecular weight excluding hydrogens is 420 g/mol. The van der Waals surface area contributed by atoms with Crippen LogP contribution in [-0.4, -0.2) is 25.8 Å². The van der Waals surface area contributed by atoms with Crippen LogP contribution in [0.1, 0.15) is 11.1 Å². The molecule has 168 valence electrons. The Morgan fingerprint density at radius 1 is 0.939 bits per heavy atom. The van der Waals surface area contributed by atoms with Gasteiger partial charge < -0.3 is 18.6 Å². The first-order valence-electron chi connectivity index (χ1n) is 10.5. The normalized spacial score (nSPS) is 11.8. The Hall–Kier alpha value is -3.90. The summed E-state index contributed by atoms with van der Waals surface area (Å²) in [4.78, 5) is 24.5. The van der Waals surface area contributed by atoms with Crippen LogP contribution in [0.5, 0.6) is 5.75 Å². The topological polar surface area (TPSA) is 75.0 Å². The molecule has 33 heavy (non-hydrogen) atoms. The SMILES string of the molecule is COC(=O)[C@H](COCc1ccccc1)Oc1ccc2c(-c3ccccc3C)cc(=O)oc2c1. The van der Waals surface area contributed by atoms with Crippen LogP contribution in [0.2, 0.25) is 0 Å². The minimum Gasteiger partial charge on any atom is -0.476 e. The summed E-state index contributed by atoms with van der Waals surface area (Å²) >= 11 is 0. The molecule has 0 aliphatic carbocycles. The number of rotatable bonds is 8. The fraction of sp³-hybridized carbons (Fsp3) is 0.185. The predicted molar refractivity (Wildman–Crippen MR) is 125 cm³/mol. The lowest BCUT2D eigenvalue weighted by Crippen LogP contribution is -2.33. The summed E-state index contributed by atoms with van der Waals surface area (Å²) in [6.45, 7) is 2.33. The van der Waals surface area contributed by atoms with Crippen molar-refractivity contribution < 1.29 is 23.4 Å². The molecule has 0 aliphatic rings. The first-order chi connectivity index (χ1) is 16.0. The number of methoxy groups -OCH3 is 1. The average Bonchev–Trinajstić information content (AvgIpc) is 2.83. The third-order valence-electron chi connectivity index (χ3n) is 5.27. The molecule has 0 bridgehead atoms. The van der Waals surface area contributed by atoms with Crippen LogP contribution in [-0.2, 0) is 20.9 Å². The van der Waals surface area contributed by atoms with E-state index in [2.05, 4.69) is 0 Å². The lowest BCUT2D eigenvalue weighted by atomic mass is 9.98. The maximum absolute atomic E-state index is 12.3. The third kappa shape index (κ3) is 5.30. The van der Waals surface area contributed by atoms with E-state index >= 15 is 0 Å². The lowest BCUT2D eigenvalue weighted by Gasteiger charge is -2.17. The Balaban J connectivity index is 1.58. The molecular formula is C27H24O6. The number of carbonyl (C=O) groups excluding carboxylic acids is 1. The van der Waals surface area contributed by atoms with E-state index in [1.807, 2.05) is 67.6 Å². The predicted octanol–water partition coefficient (Wildman–Crippen LogP) is 4.91. The number of aryl methyl sites for hydroxylation is 1. The molecule has 0 unspecified atom stereocenters. The molecule has 4 aromatic rings. The maximum atomic E-state index is 12.3. The van der Waals surface area contributed by atoms with Crippen LogP contribution in [0, 0.1) is 6.92 Å². The molecule has 0 fully saturated rings. The van der Waals surface area contributed by atoms with E-state index in [0.29, 0.717) is 17.9 Å². The molecule has 0 saturated carbocycles. The van der Waals surface area contributed by atoms with Gasteiger partial charge in [-0.2, -0.15) is 0 Å². The van der Waals surface area contributed by atoms with Crippen molar-refractivity contribution in [1.82, 2.24) is 0 Å². The number of carbonyl (C=O) groups is 1. The summed E-state index contributed by atoms with van der Waals surface area (Å²) in [6, 6.07) is 24.1. The average molecular weight is 444 g/mol. The molecule has 0 radical (unpaired) electrons. The Morgan fingerprint density at radius 2 is 1.70 bits per heavy atom. The van der Waals surface area contributed by atoms with Gasteiger partial charge in [0.1, 0.15) is 11.3 Å². The number of hydrogen-bond acceptors (Lipinski definition) is 6. The van der Waals surface area contributed by atoms with Crippen LogP contribution < -0.4 is 10.4 Å². The van der Waals surface area contributed by atoms with Gasteiger partial charge in [0.25, 0.3) is 0 Å². The number of hydrogen-bond donors (Lipinski definition) is 0. The van der Waals surface area contributed by atoms with Gasteiger partial charge in [-0.25, -0.2) is 9.59 Å². The van der Waals surface area contributed by atoms with Crippen molar-refractivity contribution in [2.75, 3.05) is 13.7 Å². The van der Waals surface area contributed by atoms with E-state index < -0.39 is 17.7 Å². The summed E-state index contributed by atoms with van der Waals surface area (Å²) in [7, 11) is 1.30. The van der Waals surface area contributed by atoms with E-state index in [9.17, 15) is 9.59 Å². The van der Waals surface area contributed by atoms with E-state index in [0.717, 1.165) is 27.6 Å². The van der Waals surface area contributed by atoms with Gasteiger partial charge in [0.15, 0.2) is 0 Å². The molecule has 4 rings (SSSR count). The third-order valence-corrected chi connectivity index (χ3v) is 5.27. The zero-order chi connectivity index (χ0) is 23.2. The van der Waals surface area contributed by atoms with Gasteiger partial charge in [-0.15, -0.1) is 0 Å². The van der Waals surface area contributed by atoms with Crippen LogP contribution >= 0.6 is 0 Å². The molecule has 1 aromatic heterocycles. The number of esters is 1. The number of ether oxygens (including phenoxy) is 3. The van der Waals surface area contributed by atoms with E-state index in [1.54, 1.807) is 12.1 Å². The fourth-order valence-corrected chi connectivity index (χ4v) is 3.62. The number of fused-ring (bicyclic) bond motifs is 1. The second kappa shape index (κ2) is 10.1.